The molecule has 2 heterocycles. The van der Waals surface area contributed by atoms with Crippen LogP contribution in [0.1, 0.15) is 46.6 Å². The zero-order valence-electron chi connectivity index (χ0n) is 12.4. The number of H-pyrrole nitrogens is 1. The number of aromatic amines is 1. The van der Waals surface area contributed by atoms with Crippen LogP contribution in [0.25, 0.3) is 10.9 Å². The Bertz CT molecular complexity index is 863. The molecule has 110 valence electrons. The van der Waals surface area contributed by atoms with Crippen LogP contribution in [0.3, 0.4) is 0 Å². The molecule has 1 atom stereocenters. The minimum absolute atomic E-state index is 0.228. The molecule has 3 heteroatoms. The Balaban J connectivity index is 1.95. The number of cyclic esters (lactones) is 1. The second-order valence-corrected chi connectivity index (χ2v) is 5.69. The van der Waals surface area contributed by atoms with E-state index in [9.17, 15) is 4.79 Å². The highest BCUT2D eigenvalue weighted by Gasteiger charge is 2.34. The number of esters is 1. The maximum absolute atomic E-state index is 12.1. The molecule has 0 fully saturated rings. The van der Waals surface area contributed by atoms with Gasteiger partial charge in [-0.05, 0) is 18.6 Å². The van der Waals surface area contributed by atoms with Crippen LogP contribution in [0.5, 0.6) is 0 Å². The summed E-state index contributed by atoms with van der Waals surface area (Å²) in [5.74, 6) is -0.228. The molecule has 1 unspecified atom stereocenters. The van der Waals surface area contributed by atoms with Crippen LogP contribution >= 0.6 is 0 Å². The zero-order valence-corrected chi connectivity index (χ0v) is 12.4. The van der Waals surface area contributed by atoms with Gasteiger partial charge in [0.15, 0.2) is 6.10 Å². The predicted molar refractivity (Wildman–Crippen MR) is 86.0 cm³/mol. The Hall–Kier alpha value is -2.55. The van der Waals surface area contributed by atoms with Crippen molar-refractivity contribution in [1.29, 1.82) is 0 Å². The molecular formula is C19H17NO2. The van der Waals surface area contributed by atoms with Crippen molar-refractivity contribution in [2.75, 3.05) is 0 Å². The van der Waals surface area contributed by atoms with Crippen LogP contribution in [0.2, 0.25) is 0 Å². The van der Waals surface area contributed by atoms with E-state index in [0.717, 1.165) is 34.9 Å². The Morgan fingerprint density at radius 1 is 1.09 bits per heavy atom. The normalized spacial score (nSPS) is 16.8. The lowest BCUT2D eigenvalue weighted by Crippen LogP contribution is -2.03. The van der Waals surface area contributed by atoms with E-state index in [2.05, 4.69) is 24.0 Å². The van der Waals surface area contributed by atoms with Gasteiger partial charge in [0.2, 0.25) is 0 Å². The molecule has 1 N–H and O–H groups in total. The van der Waals surface area contributed by atoms with Gasteiger partial charge in [-0.15, -0.1) is 0 Å². The number of aryl methyl sites for hydroxylation is 1. The van der Waals surface area contributed by atoms with E-state index in [1.807, 2.05) is 36.4 Å². The van der Waals surface area contributed by atoms with E-state index >= 15 is 0 Å². The smallest absolute Gasteiger partial charge is 0.339 e. The van der Waals surface area contributed by atoms with E-state index in [1.165, 1.54) is 5.69 Å². The molecule has 3 nitrogen and oxygen atoms in total. The van der Waals surface area contributed by atoms with E-state index in [-0.39, 0.29) is 12.1 Å². The van der Waals surface area contributed by atoms with Gasteiger partial charge in [0.1, 0.15) is 0 Å². The molecule has 22 heavy (non-hydrogen) atoms. The number of aromatic nitrogens is 1. The van der Waals surface area contributed by atoms with E-state index < -0.39 is 0 Å². The Kier molecular flexibility index (Phi) is 3.00. The quantitative estimate of drug-likeness (QED) is 0.728. The van der Waals surface area contributed by atoms with Gasteiger partial charge in [-0.1, -0.05) is 49.7 Å². The van der Waals surface area contributed by atoms with Crippen LogP contribution in [-0.2, 0) is 11.2 Å². The second-order valence-electron chi connectivity index (χ2n) is 5.69. The number of carbonyl (C=O) groups excluding carboxylic acids is 1. The van der Waals surface area contributed by atoms with Gasteiger partial charge in [-0.25, -0.2) is 4.79 Å². The highest BCUT2D eigenvalue weighted by molar-refractivity contribution is 5.96. The van der Waals surface area contributed by atoms with Crippen molar-refractivity contribution in [2.24, 2.45) is 0 Å². The Labute approximate surface area is 128 Å². The van der Waals surface area contributed by atoms with Crippen molar-refractivity contribution in [3.05, 3.63) is 70.9 Å². The van der Waals surface area contributed by atoms with Crippen LogP contribution in [0.4, 0.5) is 0 Å². The van der Waals surface area contributed by atoms with Crippen molar-refractivity contribution in [1.82, 2.24) is 4.98 Å². The first kappa shape index (κ1) is 13.1. The molecule has 3 aromatic rings. The van der Waals surface area contributed by atoms with Crippen LogP contribution < -0.4 is 0 Å². The van der Waals surface area contributed by atoms with Crippen molar-refractivity contribution in [3.63, 3.8) is 0 Å². The summed E-state index contributed by atoms with van der Waals surface area (Å²) in [7, 11) is 0. The van der Waals surface area contributed by atoms with E-state index in [0.29, 0.717) is 5.56 Å². The number of ether oxygens (including phenoxy) is 1. The molecule has 0 saturated carbocycles. The van der Waals surface area contributed by atoms with Gasteiger partial charge >= 0.3 is 5.97 Å². The highest BCUT2D eigenvalue weighted by Crippen LogP contribution is 2.40. The van der Waals surface area contributed by atoms with Crippen molar-refractivity contribution in [3.8, 4) is 0 Å². The first-order valence-corrected chi connectivity index (χ1v) is 7.69. The molecule has 2 aromatic carbocycles. The maximum Gasteiger partial charge on any atom is 0.339 e. The third kappa shape index (κ3) is 1.86. The molecule has 0 amide bonds. The van der Waals surface area contributed by atoms with Crippen molar-refractivity contribution < 1.29 is 9.53 Å². The summed E-state index contributed by atoms with van der Waals surface area (Å²) in [6.45, 7) is 2.16. The maximum atomic E-state index is 12.1. The molecule has 0 bridgehead atoms. The molecular weight excluding hydrogens is 274 g/mol. The first-order chi connectivity index (χ1) is 10.8. The fourth-order valence-electron chi connectivity index (χ4n) is 3.33. The van der Waals surface area contributed by atoms with Crippen molar-refractivity contribution >= 4 is 16.9 Å². The lowest BCUT2D eigenvalue weighted by Gasteiger charge is -2.13. The summed E-state index contributed by atoms with van der Waals surface area (Å²) in [6, 6.07) is 15.9. The summed E-state index contributed by atoms with van der Waals surface area (Å²) in [4.78, 5) is 15.6. The lowest BCUT2D eigenvalue weighted by molar-refractivity contribution is 0.0457. The topological polar surface area (TPSA) is 42.1 Å². The van der Waals surface area contributed by atoms with Gasteiger partial charge < -0.3 is 9.72 Å². The number of nitrogens with one attached hydrogen (secondary N) is 1. The van der Waals surface area contributed by atoms with Crippen LogP contribution in [0, 0.1) is 0 Å². The molecule has 4 rings (SSSR count). The number of para-hydroxylation sites is 1. The summed E-state index contributed by atoms with van der Waals surface area (Å²) >= 11 is 0. The van der Waals surface area contributed by atoms with E-state index in [1.54, 1.807) is 0 Å². The van der Waals surface area contributed by atoms with Gasteiger partial charge in [-0.2, -0.15) is 0 Å². The number of hydrogen-bond donors (Lipinski definition) is 1. The summed E-state index contributed by atoms with van der Waals surface area (Å²) in [5.41, 5.74) is 5.02. The molecule has 0 aliphatic carbocycles. The van der Waals surface area contributed by atoms with Gasteiger partial charge in [-0.3, -0.25) is 0 Å². The largest absolute Gasteiger partial charge is 0.449 e. The number of benzene rings is 2. The average Bonchev–Trinajstić information content (AvgIpc) is 3.06. The first-order valence-electron chi connectivity index (χ1n) is 7.69. The minimum Gasteiger partial charge on any atom is -0.449 e. The van der Waals surface area contributed by atoms with Gasteiger partial charge in [0, 0.05) is 27.7 Å². The fraction of sp³-hybridized carbons (Fsp3) is 0.211. The summed E-state index contributed by atoms with van der Waals surface area (Å²) in [5, 5.41) is 1.14. The highest BCUT2D eigenvalue weighted by atomic mass is 16.5. The summed E-state index contributed by atoms with van der Waals surface area (Å²) < 4.78 is 5.71. The molecule has 0 spiro atoms. The van der Waals surface area contributed by atoms with E-state index in [4.69, 9.17) is 4.74 Å². The van der Waals surface area contributed by atoms with Crippen molar-refractivity contribution in [2.45, 2.75) is 25.9 Å². The van der Waals surface area contributed by atoms with Crippen LogP contribution in [0.15, 0.2) is 48.5 Å². The molecule has 1 aliphatic heterocycles. The molecule has 0 saturated heterocycles. The minimum atomic E-state index is -0.304. The zero-order chi connectivity index (χ0) is 15.1. The molecule has 0 radical (unpaired) electrons. The monoisotopic (exact) mass is 291 g/mol. The third-order valence-corrected chi connectivity index (χ3v) is 4.28. The second kappa shape index (κ2) is 5.02. The van der Waals surface area contributed by atoms with Gasteiger partial charge in [0.05, 0.1) is 5.56 Å². The third-order valence-electron chi connectivity index (χ3n) is 4.28. The Morgan fingerprint density at radius 3 is 2.73 bits per heavy atom. The summed E-state index contributed by atoms with van der Waals surface area (Å²) in [6.07, 6.45) is 1.68. The lowest BCUT2D eigenvalue weighted by atomic mass is 9.96. The molecule has 1 aliphatic rings. The fourth-order valence-corrected chi connectivity index (χ4v) is 3.33. The predicted octanol–water partition coefficient (Wildman–Crippen LogP) is 4.38. The van der Waals surface area contributed by atoms with Gasteiger partial charge in [0.25, 0.3) is 0 Å². The molecule has 1 aromatic heterocycles. The Morgan fingerprint density at radius 2 is 1.86 bits per heavy atom. The number of carbonyl (C=O) groups is 1. The van der Waals surface area contributed by atoms with Crippen LogP contribution in [-0.4, -0.2) is 11.0 Å². The SMILES string of the molecule is CCCc1[nH]c2ccccc2c1C1OC(=O)c2ccccc21. The number of hydrogen-bond acceptors (Lipinski definition) is 2. The average molecular weight is 291 g/mol. The number of rotatable bonds is 3. The standard InChI is InChI=1S/C19H17NO2/c1-2-7-16-17(14-10-5-6-11-15(14)20-16)18-12-8-3-4-9-13(12)19(21)22-18/h3-6,8-11,18,20H,2,7H2,1H3. The number of fused-ring (bicyclic) bond motifs is 2.